The van der Waals surface area contributed by atoms with E-state index in [1.54, 1.807) is 22.6 Å². The van der Waals surface area contributed by atoms with Gasteiger partial charge in [-0.05, 0) is 37.8 Å². The third kappa shape index (κ3) is 2.59. The van der Waals surface area contributed by atoms with E-state index in [1.807, 2.05) is 25.3 Å². The first kappa shape index (κ1) is 13.2. The molecule has 0 radical (unpaired) electrons. The summed E-state index contributed by atoms with van der Waals surface area (Å²) in [7, 11) is 0. The Bertz CT molecular complexity index is 524. The van der Waals surface area contributed by atoms with E-state index in [2.05, 4.69) is 22.3 Å². The normalized spacial score (nSPS) is 14.7. The molecule has 2 unspecified atom stereocenters. The molecule has 2 aromatic heterocycles. The van der Waals surface area contributed by atoms with E-state index in [0.29, 0.717) is 0 Å². The van der Waals surface area contributed by atoms with Crippen LogP contribution in [0.2, 0.25) is 0 Å². The number of rotatable bonds is 5. The number of aliphatic hydroxyl groups is 1. The highest BCUT2D eigenvalue weighted by Crippen LogP contribution is 2.18. The molecule has 2 rings (SSSR count). The molecule has 0 saturated heterocycles. The molecule has 0 fully saturated rings. The Balaban J connectivity index is 2.28. The minimum absolute atomic E-state index is 0.152. The maximum Gasteiger partial charge on any atom is 0.157 e. The van der Waals surface area contributed by atoms with Crippen LogP contribution in [0.3, 0.4) is 0 Å². The lowest BCUT2D eigenvalue weighted by molar-refractivity contribution is 0.288. The Morgan fingerprint density at radius 1 is 1.50 bits per heavy atom. The van der Waals surface area contributed by atoms with Crippen LogP contribution in [0.25, 0.3) is 5.65 Å². The van der Waals surface area contributed by atoms with Gasteiger partial charge in [-0.1, -0.05) is 0 Å². The molecular formula is C12H18N4OS. The quantitative estimate of drug-likeness (QED) is 0.860. The van der Waals surface area contributed by atoms with Crippen molar-refractivity contribution >= 4 is 23.2 Å². The lowest BCUT2D eigenvalue weighted by Crippen LogP contribution is -2.31. The van der Waals surface area contributed by atoms with Gasteiger partial charge in [-0.15, -0.1) is 0 Å². The van der Waals surface area contributed by atoms with Gasteiger partial charge in [0.15, 0.2) is 5.65 Å². The Labute approximate surface area is 111 Å². The van der Waals surface area contributed by atoms with Gasteiger partial charge in [0.25, 0.3) is 0 Å². The molecule has 98 valence electrons. The van der Waals surface area contributed by atoms with E-state index in [9.17, 15) is 5.11 Å². The van der Waals surface area contributed by atoms with Crippen molar-refractivity contribution in [1.82, 2.24) is 14.6 Å². The largest absolute Gasteiger partial charge is 0.395 e. The highest BCUT2D eigenvalue weighted by Gasteiger charge is 2.16. The van der Waals surface area contributed by atoms with Crippen molar-refractivity contribution in [2.24, 2.45) is 0 Å². The number of anilines is 1. The van der Waals surface area contributed by atoms with E-state index < -0.39 is 0 Å². The van der Waals surface area contributed by atoms with Crippen LogP contribution in [-0.2, 0) is 0 Å². The van der Waals surface area contributed by atoms with E-state index in [0.717, 1.165) is 17.0 Å². The molecule has 0 spiro atoms. The van der Waals surface area contributed by atoms with Crippen molar-refractivity contribution in [1.29, 1.82) is 0 Å². The summed E-state index contributed by atoms with van der Waals surface area (Å²) in [6.07, 6.45) is 3.54. The number of aromatic nitrogens is 3. The molecule has 0 aliphatic rings. The topological polar surface area (TPSA) is 62.5 Å². The van der Waals surface area contributed by atoms with E-state index in [4.69, 9.17) is 0 Å². The van der Waals surface area contributed by atoms with Gasteiger partial charge >= 0.3 is 0 Å². The summed E-state index contributed by atoms with van der Waals surface area (Å²) in [6.45, 7) is 4.24. The second kappa shape index (κ2) is 5.58. The van der Waals surface area contributed by atoms with E-state index >= 15 is 0 Å². The Morgan fingerprint density at radius 3 is 2.94 bits per heavy atom. The molecule has 18 heavy (non-hydrogen) atoms. The molecule has 0 aliphatic heterocycles. The number of nitrogens with one attached hydrogen (secondary N) is 1. The molecule has 2 aromatic rings. The highest BCUT2D eigenvalue weighted by atomic mass is 32.2. The Kier molecular flexibility index (Phi) is 4.08. The molecule has 0 aromatic carbocycles. The van der Waals surface area contributed by atoms with Crippen molar-refractivity contribution < 1.29 is 5.11 Å². The van der Waals surface area contributed by atoms with Crippen molar-refractivity contribution in [2.75, 3.05) is 18.2 Å². The zero-order chi connectivity index (χ0) is 13.1. The van der Waals surface area contributed by atoms with Crippen LogP contribution in [0.15, 0.2) is 18.5 Å². The number of pyridine rings is 1. The van der Waals surface area contributed by atoms with Crippen LogP contribution in [0.1, 0.15) is 12.5 Å². The average molecular weight is 266 g/mol. The monoisotopic (exact) mass is 266 g/mol. The third-order valence-electron chi connectivity index (χ3n) is 2.94. The van der Waals surface area contributed by atoms with Gasteiger partial charge < -0.3 is 10.4 Å². The maximum atomic E-state index is 9.31. The number of aryl methyl sites for hydroxylation is 1. The number of fused-ring (bicyclic) bond motifs is 1. The van der Waals surface area contributed by atoms with Crippen LogP contribution in [0, 0.1) is 6.92 Å². The zero-order valence-corrected chi connectivity index (χ0v) is 11.6. The molecule has 0 saturated carbocycles. The summed E-state index contributed by atoms with van der Waals surface area (Å²) >= 11 is 1.65. The van der Waals surface area contributed by atoms with Crippen LogP contribution in [0.4, 0.5) is 5.82 Å². The summed E-state index contributed by atoms with van der Waals surface area (Å²) < 4.78 is 1.78. The SMILES string of the molecule is CSC(CO)C(C)Nc1cc(C)cc2ncnn12. The lowest BCUT2D eigenvalue weighted by atomic mass is 10.2. The fraction of sp³-hybridized carbons (Fsp3) is 0.500. The minimum Gasteiger partial charge on any atom is -0.395 e. The highest BCUT2D eigenvalue weighted by molar-refractivity contribution is 7.99. The first-order valence-corrected chi connectivity index (χ1v) is 7.15. The number of aliphatic hydroxyl groups excluding tert-OH is 1. The fourth-order valence-corrected chi connectivity index (χ4v) is 2.55. The number of hydrogen-bond donors (Lipinski definition) is 2. The second-order valence-corrected chi connectivity index (χ2v) is 5.41. The standard InChI is InChI=1S/C12H18N4OS/c1-8-4-11-13-7-14-16(11)12(5-8)15-9(2)10(6-17)18-3/h4-5,7,9-10,15,17H,6H2,1-3H3. The van der Waals surface area contributed by atoms with Gasteiger partial charge in [-0.25, -0.2) is 4.98 Å². The lowest BCUT2D eigenvalue weighted by Gasteiger charge is -2.22. The van der Waals surface area contributed by atoms with Crippen molar-refractivity contribution in [3.63, 3.8) is 0 Å². The molecule has 5 nitrogen and oxygen atoms in total. The summed E-state index contributed by atoms with van der Waals surface area (Å²) in [5, 5.41) is 17.1. The molecule has 0 bridgehead atoms. The molecular weight excluding hydrogens is 248 g/mol. The molecule has 2 N–H and O–H groups in total. The van der Waals surface area contributed by atoms with Gasteiger partial charge in [0.05, 0.1) is 6.61 Å². The minimum atomic E-state index is 0.152. The van der Waals surface area contributed by atoms with Crippen LogP contribution < -0.4 is 5.32 Å². The van der Waals surface area contributed by atoms with Crippen molar-refractivity contribution in [3.8, 4) is 0 Å². The van der Waals surface area contributed by atoms with Gasteiger partial charge in [-0.2, -0.15) is 21.4 Å². The molecule has 2 atom stereocenters. The number of thioether (sulfide) groups is 1. The van der Waals surface area contributed by atoms with Gasteiger partial charge in [0, 0.05) is 11.3 Å². The molecule has 6 heteroatoms. The van der Waals surface area contributed by atoms with E-state index in [1.165, 1.54) is 0 Å². The molecule has 2 heterocycles. The zero-order valence-electron chi connectivity index (χ0n) is 10.8. The average Bonchev–Trinajstić information content (AvgIpc) is 2.78. The number of hydrogen-bond acceptors (Lipinski definition) is 5. The van der Waals surface area contributed by atoms with Crippen LogP contribution in [0.5, 0.6) is 0 Å². The third-order valence-corrected chi connectivity index (χ3v) is 4.10. The number of nitrogens with zero attached hydrogens (tertiary/aromatic N) is 3. The first-order valence-electron chi connectivity index (χ1n) is 5.86. The van der Waals surface area contributed by atoms with Crippen molar-refractivity contribution in [2.45, 2.75) is 25.1 Å². The van der Waals surface area contributed by atoms with Crippen LogP contribution in [-0.4, -0.2) is 43.9 Å². The van der Waals surface area contributed by atoms with Gasteiger partial charge in [0.2, 0.25) is 0 Å². The smallest absolute Gasteiger partial charge is 0.157 e. The van der Waals surface area contributed by atoms with Gasteiger partial charge in [-0.3, -0.25) is 0 Å². The summed E-state index contributed by atoms with van der Waals surface area (Å²) in [6, 6.07) is 4.17. The summed E-state index contributed by atoms with van der Waals surface area (Å²) in [5.41, 5.74) is 1.96. The van der Waals surface area contributed by atoms with E-state index in [-0.39, 0.29) is 17.9 Å². The first-order chi connectivity index (χ1) is 8.65. The summed E-state index contributed by atoms with van der Waals surface area (Å²) in [4.78, 5) is 4.19. The molecule has 0 aliphatic carbocycles. The van der Waals surface area contributed by atoms with Crippen molar-refractivity contribution in [3.05, 3.63) is 24.0 Å². The Morgan fingerprint density at radius 2 is 2.28 bits per heavy atom. The predicted molar refractivity (Wildman–Crippen MR) is 75.2 cm³/mol. The maximum absolute atomic E-state index is 9.31. The fourth-order valence-electron chi connectivity index (χ4n) is 1.92. The van der Waals surface area contributed by atoms with Gasteiger partial charge in [0.1, 0.15) is 12.1 Å². The summed E-state index contributed by atoms with van der Waals surface area (Å²) in [5.74, 6) is 0.905. The second-order valence-electron chi connectivity index (χ2n) is 4.34. The predicted octanol–water partition coefficient (Wildman–Crippen LogP) is 1.56. The molecule has 0 amide bonds. The van der Waals surface area contributed by atoms with Crippen LogP contribution >= 0.6 is 11.8 Å². The Hall–Kier alpha value is -1.27.